The predicted molar refractivity (Wildman–Crippen MR) is 82.1 cm³/mol. The fraction of sp³-hybridized carbons (Fsp3) is 0.333. The summed E-state index contributed by atoms with van der Waals surface area (Å²) in [5.74, 6) is 0.942. The molecular formula is C18H22O2. The quantitative estimate of drug-likeness (QED) is 0.742. The van der Waals surface area contributed by atoms with Crippen LogP contribution in [0.1, 0.15) is 24.0 Å². The van der Waals surface area contributed by atoms with E-state index in [1.165, 1.54) is 11.1 Å². The van der Waals surface area contributed by atoms with Crippen molar-refractivity contribution in [2.45, 2.75) is 25.7 Å². The molecule has 0 unspecified atom stereocenters. The van der Waals surface area contributed by atoms with Crippen molar-refractivity contribution in [1.29, 1.82) is 0 Å². The Bertz CT molecular complexity index is 494. The van der Waals surface area contributed by atoms with E-state index in [4.69, 9.17) is 9.84 Å². The van der Waals surface area contributed by atoms with Gasteiger partial charge in [-0.3, -0.25) is 0 Å². The van der Waals surface area contributed by atoms with Gasteiger partial charge < -0.3 is 9.84 Å². The van der Waals surface area contributed by atoms with Crippen LogP contribution in [0.5, 0.6) is 5.75 Å². The Morgan fingerprint density at radius 1 is 0.800 bits per heavy atom. The van der Waals surface area contributed by atoms with Crippen molar-refractivity contribution < 1.29 is 9.84 Å². The average molecular weight is 270 g/mol. The van der Waals surface area contributed by atoms with E-state index in [0.29, 0.717) is 0 Å². The number of aryl methyl sites for hydroxylation is 1. The molecule has 0 saturated heterocycles. The highest BCUT2D eigenvalue weighted by molar-refractivity contribution is 5.24. The van der Waals surface area contributed by atoms with E-state index >= 15 is 0 Å². The molecule has 0 aliphatic heterocycles. The van der Waals surface area contributed by atoms with Crippen LogP contribution >= 0.6 is 0 Å². The summed E-state index contributed by atoms with van der Waals surface area (Å²) in [6, 6.07) is 18.4. The van der Waals surface area contributed by atoms with Crippen molar-refractivity contribution in [3.8, 4) is 5.75 Å². The van der Waals surface area contributed by atoms with Crippen LogP contribution in [-0.4, -0.2) is 18.3 Å². The third kappa shape index (κ3) is 5.06. The SMILES string of the molecule is OCCc1cccc(CCCCOc2ccccc2)c1. The van der Waals surface area contributed by atoms with Gasteiger partial charge in [-0.15, -0.1) is 0 Å². The Balaban J connectivity index is 1.67. The summed E-state index contributed by atoms with van der Waals surface area (Å²) in [6.07, 6.45) is 3.98. The monoisotopic (exact) mass is 270 g/mol. The number of benzene rings is 2. The number of rotatable bonds is 8. The van der Waals surface area contributed by atoms with E-state index in [1.54, 1.807) is 0 Å². The van der Waals surface area contributed by atoms with Gasteiger partial charge in [0.15, 0.2) is 0 Å². The Morgan fingerprint density at radius 3 is 2.30 bits per heavy atom. The Hall–Kier alpha value is -1.80. The van der Waals surface area contributed by atoms with Gasteiger partial charge >= 0.3 is 0 Å². The van der Waals surface area contributed by atoms with E-state index in [9.17, 15) is 0 Å². The predicted octanol–water partition coefficient (Wildman–Crippen LogP) is 3.62. The van der Waals surface area contributed by atoms with Crippen LogP contribution < -0.4 is 4.74 Å². The summed E-state index contributed by atoms with van der Waals surface area (Å²) in [5.41, 5.74) is 2.56. The highest BCUT2D eigenvalue weighted by atomic mass is 16.5. The first kappa shape index (κ1) is 14.6. The molecule has 1 N–H and O–H groups in total. The zero-order chi connectivity index (χ0) is 14.0. The van der Waals surface area contributed by atoms with Crippen LogP contribution in [-0.2, 0) is 12.8 Å². The van der Waals surface area contributed by atoms with Crippen LogP contribution in [0.25, 0.3) is 0 Å². The van der Waals surface area contributed by atoms with Crippen LogP contribution in [0.4, 0.5) is 0 Å². The third-order valence-electron chi connectivity index (χ3n) is 3.26. The molecule has 0 fully saturated rings. The van der Waals surface area contributed by atoms with Crippen molar-refractivity contribution in [3.63, 3.8) is 0 Å². The van der Waals surface area contributed by atoms with Gasteiger partial charge in [0.25, 0.3) is 0 Å². The minimum Gasteiger partial charge on any atom is -0.494 e. The maximum atomic E-state index is 8.95. The van der Waals surface area contributed by atoms with Crippen molar-refractivity contribution in [1.82, 2.24) is 0 Å². The molecule has 2 aromatic rings. The molecule has 0 amide bonds. The number of aliphatic hydroxyl groups is 1. The lowest BCUT2D eigenvalue weighted by Gasteiger charge is -2.07. The molecule has 0 aromatic heterocycles. The smallest absolute Gasteiger partial charge is 0.119 e. The maximum absolute atomic E-state index is 8.95. The van der Waals surface area contributed by atoms with E-state index in [-0.39, 0.29) is 6.61 Å². The molecule has 2 heteroatoms. The van der Waals surface area contributed by atoms with Crippen molar-refractivity contribution in [2.24, 2.45) is 0 Å². The van der Waals surface area contributed by atoms with E-state index < -0.39 is 0 Å². The molecule has 20 heavy (non-hydrogen) atoms. The van der Waals surface area contributed by atoms with Gasteiger partial charge in [-0.2, -0.15) is 0 Å². The molecule has 0 bridgehead atoms. The molecule has 2 nitrogen and oxygen atoms in total. The molecule has 0 spiro atoms. The number of unbranched alkanes of at least 4 members (excludes halogenated alkanes) is 1. The zero-order valence-corrected chi connectivity index (χ0v) is 11.8. The number of ether oxygens (including phenoxy) is 1. The Morgan fingerprint density at radius 2 is 1.55 bits per heavy atom. The molecule has 106 valence electrons. The largest absolute Gasteiger partial charge is 0.494 e. The number of aliphatic hydroxyl groups excluding tert-OH is 1. The molecule has 0 aliphatic rings. The standard InChI is InChI=1S/C18H22O2/c19-13-12-17-9-6-8-16(15-17)7-4-5-14-20-18-10-2-1-3-11-18/h1-3,6,8-11,15,19H,4-5,7,12-14H2. The fourth-order valence-electron chi connectivity index (χ4n) is 2.21. The third-order valence-corrected chi connectivity index (χ3v) is 3.26. The summed E-state index contributed by atoms with van der Waals surface area (Å²) >= 11 is 0. The van der Waals surface area contributed by atoms with Gasteiger partial charge in [0, 0.05) is 6.61 Å². The lowest BCUT2D eigenvalue weighted by Crippen LogP contribution is -1.98. The van der Waals surface area contributed by atoms with Gasteiger partial charge in [-0.05, 0) is 48.9 Å². The van der Waals surface area contributed by atoms with Gasteiger partial charge in [-0.25, -0.2) is 0 Å². The van der Waals surface area contributed by atoms with Crippen LogP contribution in [0.2, 0.25) is 0 Å². The molecular weight excluding hydrogens is 248 g/mol. The van der Waals surface area contributed by atoms with Crippen LogP contribution in [0.15, 0.2) is 54.6 Å². The topological polar surface area (TPSA) is 29.5 Å². The molecule has 0 aliphatic carbocycles. The van der Waals surface area contributed by atoms with Crippen LogP contribution in [0, 0.1) is 0 Å². The zero-order valence-electron chi connectivity index (χ0n) is 11.8. The second-order valence-corrected chi connectivity index (χ2v) is 4.91. The first-order chi connectivity index (χ1) is 9.88. The van der Waals surface area contributed by atoms with Crippen molar-refractivity contribution in [2.75, 3.05) is 13.2 Å². The first-order valence-electron chi connectivity index (χ1n) is 7.25. The first-order valence-corrected chi connectivity index (χ1v) is 7.25. The summed E-state index contributed by atoms with van der Waals surface area (Å²) in [4.78, 5) is 0. The molecule has 0 heterocycles. The lowest BCUT2D eigenvalue weighted by molar-refractivity contribution is 0.299. The second kappa shape index (κ2) is 8.39. The molecule has 2 rings (SSSR count). The Labute approximate surface area is 121 Å². The Kier molecular flexibility index (Phi) is 6.12. The summed E-state index contributed by atoms with van der Waals surface area (Å²) in [7, 11) is 0. The van der Waals surface area contributed by atoms with Gasteiger partial charge in [-0.1, -0.05) is 42.5 Å². The second-order valence-electron chi connectivity index (χ2n) is 4.91. The number of para-hydroxylation sites is 1. The van der Waals surface area contributed by atoms with E-state index in [2.05, 4.69) is 24.3 Å². The molecule has 0 saturated carbocycles. The van der Waals surface area contributed by atoms with Gasteiger partial charge in [0.2, 0.25) is 0 Å². The fourth-order valence-corrected chi connectivity index (χ4v) is 2.21. The minimum absolute atomic E-state index is 0.217. The van der Waals surface area contributed by atoms with E-state index in [1.807, 2.05) is 30.3 Å². The van der Waals surface area contributed by atoms with Gasteiger partial charge in [0.05, 0.1) is 6.61 Å². The molecule has 0 radical (unpaired) electrons. The normalized spacial score (nSPS) is 10.4. The summed E-state index contributed by atoms with van der Waals surface area (Å²) in [6.45, 7) is 0.981. The minimum atomic E-state index is 0.217. The summed E-state index contributed by atoms with van der Waals surface area (Å²) < 4.78 is 5.67. The van der Waals surface area contributed by atoms with E-state index in [0.717, 1.165) is 38.0 Å². The van der Waals surface area contributed by atoms with Crippen LogP contribution in [0.3, 0.4) is 0 Å². The number of hydrogen-bond acceptors (Lipinski definition) is 2. The van der Waals surface area contributed by atoms with Gasteiger partial charge in [0.1, 0.15) is 5.75 Å². The maximum Gasteiger partial charge on any atom is 0.119 e. The average Bonchev–Trinajstić information content (AvgIpc) is 2.49. The highest BCUT2D eigenvalue weighted by Crippen LogP contribution is 2.11. The number of hydrogen-bond donors (Lipinski definition) is 1. The van der Waals surface area contributed by atoms with Crippen molar-refractivity contribution in [3.05, 3.63) is 65.7 Å². The highest BCUT2D eigenvalue weighted by Gasteiger charge is 1.97. The molecule has 2 aromatic carbocycles. The molecule has 0 atom stereocenters. The lowest BCUT2D eigenvalue weighted by atomic mass is 10.0. The summed E-state index contributed by atoms with van der Waals surface area (Å²) in [5, 5.41) is 8.95. The van der Waals surface area contributed by atoms with Crippen molar-refractivity contribution >= 4 is 0 Å².